The van der Waals surface area contributed by atoms with Gasteiger partial charge < -0.3 is 10.0 Å². The fourth-order valence-electron chi connectivity index (χ4n) is 2.13. The quantitative estimate of drug-likeness (QED) is 0.913. The highest BCUT2D eigenvalue weighted by molar-refractivity contribution is 5.79. The molecule has 104 valence electrons. The molecule has 1 saturated heterocycles. The number of likely N-dealkylation sites (tertiary alicyclic amines) is 1. The molecule has 1 amide bonds. The molecule has 1 unspecified atom stereocenters. The van der Waals surface area contributed by atoms with Crippen LogP contribution in [0, 0.1) is 0 Å². The zero-order valence-corrected chi connectivity index (χ0v) is 10.2. The standard InChI is InChI=1S/C13H14F3NO2/c14-13(15,16)10-3-1-2-9(6-10)4-5-17-8-11(18)7-12(17)19/h1-3,6,11,18H,4-5,7-8H2. The van der Waals surface area contributed by atoms with E-state index in [4.69, 9.17) is 0 Å². The predicted molar refractivity (Wildman–Crippen MR) is 62.4 cm³/mol. The van der Waals surface area contributed by atoms with Crippen molar-refractivity contribution in [1.29, 1.82) is 0 Å². The molecule has 1 atom stereocenters. The van der Waals surface area contributed by atoms with Crippen LogP contribution in [0.5, 0.6) is 0 Å². The molecule has 19 heavy (non-hydrogen) atoms. The molecule has 0 aromatic heterocycles. The first kappa shape index (κ1) is 13.9. The lowest BCUT2D eigenvalue weighted by Crippen LogP contribution is -2.28. The Morgan fingerprint density at radius 3 is 2.68 bits per heavy atom. The number of hydrogen-bond acceptors (Lipinski definition) is 2. The van der Waals surface area contributed by atoms with E-state index in [0.717, 1.165) is 12.1 Å². The van der Waals surface area contributed by atoms with Crippen LogP contribution >= 0.6 is 0 Å². The summed E-state index contributed by atoms with van der Waals surface area (Å²) in [7, 11) is 0. The molecule has 1 N–H and O–H groups in total. The highest BCUT2D eigenvalue weighted by atomic mass is 19.4. The number of rotatable bonds is 3. The van der Waals surface area contributed by atoms with Gasteiger partial charge in [-0.1, -0.05) is 18.2 Å². The Morgan fingerprint density at radius 1 is 1.37 bits per heavy atom. The van der Waals surface area contributed by atoms with Gasteiger partial charge >= 0.3 is 6.18 Å². The molecular formula is C13H14F3NO2. The molecule has 1 aromatic rings. The van der Waals surface area contributed by atoms with E-state index in [-0.39, 0.29) is 18.9 Å². The third-order valence-electron chi connectivity index (χ3n) is 3.12. The first-order valence-corrected chi connectivity index (χ1v) is 5.98. The number of amides is 1. The Labute approximate surface area is 108 Å². The summed E-state index contributed by atoms with van der Waals surface area (Å²) in [6.07, 6.45) is -4.56. The summed E-state index contributed by atoms with van der Waals surface area (Å²) in [4.78, 5) is 12.9. The number of aliphatic hydroxyl groups excluding tert-OH is 1. The highest BCUT2D eigenvalue weighted by Gasteiger charge is 2.31. The van der Waals surface area contributed by atoms with Crippen LogP contribution in [0.3, 0.4) is 0 Å². The monoisotopic (exact) mass is 273 g/mol. The van der Waals surface area contributed by atoms with Crippen molar-refractivity contribution in [1.82, 2.24) is 4.90 Å². The molecule has 1 heterocycles. The lowest BCUT2D eigenvalue weighted by molar-refractivity contribution is -0.137. The molecule has 6 heteroatoms. The van der Waals surface area contributed by atoms with Gasteiger partial charge in [0.1, 0.15) is 0 Å². The van der Waals surface area contributed by atoms with Crippen LogP contribution in [-0.4, -0.2) is 35.1 Å². The van der Waals surface area contributed by atoms with Crippen molar-refractivity contribution in [3.63, 3.8) is 0 Å². The van der Waals surface area contributed by atoms with E-state index in [2.05, 4.69) is 0 Å². The Bertz CT molecular complexity index is 473. The minimum Gasteiger partial charge on any atom is -0.391 e. The van der Waals surface area contributed by atoms with Gasteiger partial charge in [-0.2, -0.15) is 13.2 Å². The van der Waals surface area contributed by atoms with E-state index in [9.17, 15) is 23.1 Å². The maximum absolute atomic E-state index is 12.5. The summed E-state index contributed by atoms with van der Waals surface area (Å²) in [5.74, 6) is -0.153. The first-order chi connectivity index (χ1) is 8.86. The van der Waals surface area contributed by atoms with Crippen LogP contribution in [0.25, 0.3) is 0 Å². The zero-order valence-electron chi connectivity index (χ0n) is 10.2. The van der Waals surface area contributed by atoms with E-state index in [1.807, 2.05) is 0 Å². The first-order valence-electron chi connectivity index (χ1n) is 5.98. The second-order valence-electron chi connectivity index (χ2n) is 4.65. The molecule has 2 rings (SSSR count). The molecule has 0 aliphatic carbocycles. The van der Waals surface area contributed by atoms with Gasteiger partial charge in [0, 0.05) is 13.1 Å². The second-order valence-corrected chi connectivity index (χ2v) is 4.65. The van der Waals surface area contributed by atoms with Crippen LogP contribution in [-0.2, 0) is 17.4 Å². The van der Waals surface area contributed by atoms with Crippen molar-refractivity contribution in [2.24, 2.45) is 0 Å². The predicted octanol–water partition coefficient (Wildman–Crippen LogP) is 1.84. The largest absolute Gasteiger partial charge is 0.416 e. The van der Waals surface area contributed by atoms with Gasteiger partial charge in [-0.05, 0) is 18.1 Å². The number of aliphatic hydroxyl groups is 1. The number of benzene rings is 1. The Balaban J connectivity index is 1.98. The van der Waals surface area contributed by atoms with E-state index in [1.54, 1.807) is 6.07 Å². The number of carbonyl (C=O) groups excluding carboxylic acids is 1. The molecular weight excluding hydrogens is 259 g/mol. The van der Waals surface area contributed by atoms with Gasteiger partial charge in [-0.15, -0.1) is 0 Å². The normalized spacial score (nSPS) is 20.1. The fraction of sp³-hybridized carbons (Fsp3) is 0.462. The summed E-state index contributed by atoms with van der Waals surface area (Å²) in [6, 6.07) is 5.08. The van der Waals surface area contributed by atoms with Gasteiger partial charge in [0.25, 0.3) is 0 Å². The highest BCUT2D eigenvalue weighted by Crippen LogP contribution is 2.29. The number of nitrogens with zero attached hydrogens (tertiary/aromatic N) is 1. The second kappa shape index (κ2) is 5.21. The molecule has 1 aromatic carbocycles. The summed E-state index contributed by atoms with van der Waals surface area (Å²) < 4.78 is 37.6. The number of alkyl halides is 3. The van der Waals surface area contributed by atoms with E-state index in [0.29, 0.717) is 18.5 Å². The Hall–Kier alpha value is -1.56. The average molecular weight is 273 g/mol. The van der Waals surface area contributed by atoms with Crippen molar-refractivity contribution in [2.75, 3.05) is 13.1 Å². The molecule has 1 aliphatic heterocycles. The van der Waals surface area contributed by atoms with Gasteiger partial charge in [-0.25, -0.2) is 0 Å². The van der Waals surface area contributed by atoms with Crippen LogP contribution in [0.15, 0.2) is 24.3 Å². The Kier molecular flexibility index (Phi) is 3.80. The van der Waals surface area contributed by atoms with Crippen LogP contribution < -0.4 is 0 Å². The lowest BCUT2D eigenvalue weighted by atomic mass is 10.1. The SMILES string of the molecule is O=C1CC(O)CN1CCc1cccc(C(F)(F)F)c1. The van der Waals surface area contributed by atoms with Gasteiger partial charge in [0.2, 0.25) is 5.91 Å². The summed E-state index contributed by atoms with van der Waals surface area (Å²) in [6.45, 7) is 0.592. The van der Waals surface area contributed by atoms with Crippen molar-refractivity contribution >= 4 is 5.91 Å². The van der Waals surface area contributed by atoms with Gasteiger partial charge in [0.05, 0.1) is 18.1 Å². The molecule has 3 nitrogen and oxygen atoms in total. The van der Waals surface area contributed by atoms with E-state index in [1.165, 1.54) is 11.0 Å². The van der Waals surface area contributed by atoms with Crippen LogP contribution in [0.2, 0.25) is 0 Å². The fourth-order valence-corrected chi connectivity index (χ4v) is 2.13. The molecule has 1 fully saturated rings. The zero-order chi connectivity index (χ0) is 14.0. The molecule has 0 saturated carbocycles. The number of hydrogen-bond donors (Lipinski definition) is 1. The third kappa shape index (κ3) is 3.47. The minimum absolute atomic E-state index is 0.0998. The van der Waals surface area contributed by atoms with Crippen LogP contribution in [0.4, 0.5) is 13.2 Å². The topological polar surface area (TPSA) is 40.5 Å². The summed E-state index contributed by atoms with van der Waals surface area (Å²) >= 11 is 0. The molecule has 0 radical (unpaired) electrons. The number of halogens is 3. The minimum atomic E-state index is -4.35. The number of carbonyl (C=O) groups is 1. The maximum Gasteiger partial charge on any atom is 0.416 e. The van der Waals surface area contributed by atoms with Crippen molar-refractivity contribution in [2.45, 2.75) is 25.1 Å². The van der Waals surface area contributed by atoms with Crippen LogP contribution in [0.1, 0.15) is 17.5 Å². The van der Waals surface area contributed by atoms with Crippen molar-refractivity contribution in [3.05, 3.63) is 35.4 Å². The lowest BCUT2D eigenvalue weighted by Gasteiger charge is -2.16. The van der Waals surface area contributed by atoms with Gasteiger partial charge in [-0.3, -0.25) is 4.79 Å². The molecule has 0 spiro atoms. The summed E-state index contributed by atoms with van der Waals surface area (Å²) in [5.41, 5.74) is -0.151. The maximum atomic E-state index is 12.5. The Morgan fingerprint density at radius 2 is 2.11 bits per heavy atom. The summed E-state index contributed by atoms with van der Waals surface area (Å²) in [5, 5.41) is 9.31. The van der Waals surface area contributed by atoms with Crippen molar-refractivity contribution < 1.29 is 23.1 Å². The molecule has 1 aliphatic rings. The van der Waals surface area contributed by atoms with E-state index < -0.39 is 17.8 Å². The smallest absolute Gasteiger partial charge is 0.391 e. The number of β-amino-alcohol motifs (C(OH)–C–C–N with tert-alkyl or cyclic N) is 1. The van der Waals surface area contributed by atoms with E-state index >= 15 is 0 Å². The third-order valence-corrected chi connectivity index (χ3v) is 3.12. The van der Waals surface area contributed by atoms with Gasteiger partial charge in [0.15, 0.2) is 0 Å². The average Bonchev–Trinajstić information content (AvgIpc) is 2.64. The van der Waals surface area contributed by atoms with Crippen molar-refractivity contribution in [3.8, 4) is 0 Å². The molecule has 0 bridgehead atoms.